The lowest BCUT2D eigenvalue weighted by Crippen LogP contribution is -2.46. The van der Waals surface area contributed by atoms with Crippen molar-refractivity contribution in [2.24, 2.45) is 16.8 Å². The van der Waals surface area contributed by atoms with Gasteiger partial charge in [0, 0.05) is 25.4 Å². The Hall–Kier alpha value is -0.420. The van der Waals surface area contributed by atoms with Crippen molar-refractivity contribution in [2.75, 3.05) is 31.1 Å². The van der Waals surface area contributed by atoms with Crippen LogP contribution in [0.3, 0.4) is 0 Å². The van der Waals surface area contributed by atoms with E-state index in [2.05, 4.69) is 29.2 Å². The predicted octanol–water partition coefficient (Wildman–Crippen LogP) is 0.901. The second-order valence-electron chi connectivity index (χ2n) is 4.16. The standard InChI is InChI=1S/C10H22N4S/c1-9(2)8-12-10(13-11)14-4-3-6-15-7-5-14/h9H,3-8,11H2,1-2H3,(H,12,13). The summed E-state index contributed by atoms with van der Waals surface area (Å²) in [5.74, 6) is 9.36. The molecule has 0 aliphatic carbocycles. The molecule has 0 amide bonds. The van der Waals surface area contributed by atoms with Crippen molar-refractivity contribution in [1.82, 2.24) is 10.3 Å². The van der Waals surface area contributed by atoms with E-state index in [1.165, 1.54) is 17.9 Å². The summed E-state index contributed by atoms with van der Waals surface area (Å²) in [7, 11) is 0. The van der Waals surface area contributed by atoms with Crippen molar-refractivity contribution in [1.29, 1.82) is 0 Å². The topological polar surface area (TPSA) is 53.6 Å². The minimum Gasteiger partial charge on any atom is -0.341 e. The fourth-order valence-corrected chi connectivity index (χ4v) is 2.35. The molecular weight excluding hydrogens is 208 g/mol. The van der Waals surface area contributed by atoms with Crippen LogP contribution >= 0.6 is 11.8 Å². The Labute approximate surface area is 96.7 Å². The molecule has 3 N–H and O–H groups in total. The summed E-state index contributed by atoms with van der Waals surface area (Å²) in [5, 5.41) is 0. The maximum atomic E-state index is 5.51. The molecule has 0 radical (unpaired) electrons. The van der Waals surface area contributed by atoms with Gasteiger partial charge in [0.05, 0.1) is 0 Å². The number of thioether (sulfide) groups is 1. The number of guanidine groups is 1. The van der Waals surface area contributed by atoms with Crippen molar-refractivity contribution in [3.8, 4) is 0 Å². The van der Waals surface area contributed by atoms with Gasteiger partial charge in [0.1, 0.15) is 0 Å². The zero-order chi connectivity index (χ0) is 11.1. The van der Waals surface area contributed by atoms with E-state index in [0.717, 1.165) is 25.6 Å². The fraction of sp³-hybridized carbons (Fsp3) is 0.900. The number of hydrazine groups is 1. The highest BCUT2D eigenvalue weighted by Gasteiger charge is 2.12. The van der Waals surface area contributed by atoms with Crippen LogP contribution in [-0.4, -0.2) is 42.0 Å². The van der Waals surface area contributed by atoms with Crippen LogP contribution in [0.4, 0.5) is 0 Å². The van der Waals surface area contributed by atoms with Crippen LogP contribution < -0.4 is 11.3 Å². The summed E-state index contributed by atoms with van der Waals surface area (Å²) < 4.78 is 0. The second kappa shape index (κ2) is 6.95. The van der Waals surface area contributed by atoms with Gasteiger partial charge in [0.15, 0.2) is 0 Å². The number of rotatable bonds is 2. The lowest BCUT2D eigenvalue weighted by Gasteiger charge is -2.23. The van der Waals surface area contributed by atoms with Gasteiger partial charge >= 0.3 is 0 Å². The summed E-state index contributed by atoms with van der Waals surface area (Å²) in [4.78, 5) is 6.76. The summed E-state index contributed by atoms with van der Waals surface area (Å²) in [6.07, 6.45) is 1.22. The zero-order valence-corrected chi connectivity index (χ0v) is 10.5. The molecule has 1 saturated heterocycles. The largest absolute Gasteiger partial charge is 0.341 e. The summed E-state index contributed by atoms with van der Waals surface area (Å²) in [5.41, 5.74) is 2.72. The van der Waals surface area contributed by atoms with Crippen molar-refractivity contribution >= 4 is 17.7 Å². The van der Waals surface area contributed by atoms with Crippen molar-refractivity contribution in [3.63, 3.8) is 0 Å². The lowest BCUT2D eigenvalue weighted by molar-refractivity contribution is 0.430. The Balaban J connectivity index is 2.51. The number of aliphatic imine (C=N–C) groups is 1. The first-order chi connectivity index (χ1) is 7.24. The Morgan fingerprint density at radius 3 is 2.93 bits per heavy atom. The van der Waals surface area contributed by atoms with E-state index < -0.39 is 0 Å². The van der Waals surface area contributed by atoms with E-state index in [-0.39, 0.29) is 0 Å². The van der Waals surface area contributed by atoms with Crippen molar-refractivity contribution in [2.45, 2.75) is 20.3 Å². The fourth-order valence-electron chi connectivity index (χ4n) is 1.46. The monoisotopic (exact) mass is 230 g/mol. The minimum absolute atomic E-state index is 0.578. The lowest BCUT2D eigenvalue weighted by atomic mass is 10.2. The van der Waals surface area contributed by atoms with Crippen LogP contribution in [0.5, 0.6) is 0 Å². The molecule has 0 atom stereocenters. The quantitative estimate of drug-likeness (QED) is 0.320. The van der Waals surface area contributed by atoms with Crippen molar-refractivity contribution < 1.29 is 0 Å². The molecule has 1 aliphatic heterocycles. The molecule has 4 nitrogen and oxygen atoms in total. The molecule has 88 valence electrons. The molecule has 0 aromatic carbocycles. The summed E-state index contributed by atoms with van der Waals surface area (Å²) in [6.45, 7) is 7.27. The number of hydrogen-bond acceptors (Lipinski definition) is 3. The SMILES string of the molecule is CC(C)CN=C(NN)N1CCCSCC1. The molecular formula is C10H22N4S. The van der Waals surface area contributed by atoms with Gasteiger partial charge in [-0.25, -0.2) is 5.84 Å². The van der Waals surface area contributed by atoms with Crippen LogP contribution in [0.1, 0.15) is 20.3 Å². The number of nitrogens with one attached hydrogen (secondary N) is 1. The molecule has 1 rings (SSSR count). The molecule has 1 aliphatic rings. The third-order valence-corrected chi connectivity index (χ3v) is 3.31. The first kappa shape index (κ1) is 12.6. The van der Waals surface area contributed by atoms with Gasteiger partial charge in [0.25, 0.3) is 0 Å². The highest BCUT2D eigenvalue weighted by atomic mass is 32.2. The van der Waals surface area contributed by atoms with Gasteiger partial charge in [-0.15, -0.1) is 0 Å². The third-order valence-electron chi connectivity index (χ3n) is 2.26. The third kappa shape index (κ3) is 4.75. The normalized spacial score (nSPS) is 19.2. The summed E-state index contributed by atoms with van der Waals surface area (Å²) in [6, 6.07) is 0. The van der Waals surface area contributed by atoms with Crippen LogP contribution in [0.25, 0.3) is 0 Å². The number of nitrogens with zero attached hydrogens (tertiary/aromatic N) is 2. The van der Waals surface area contributed by atoms with Crippen molar-refractivity contribution in [3.05, 3.63) is 0 Å². The van der Waals surface area contributed by atoms with E-state index in [9.17, 15) is 0 Å². The Morgan fingerprint density at radius 2 is 2.27 bits per heavy atom. The highest BCUT2D eigenvalue weighted by molar-refractivity contribution is 7.99. The Morgan fingerprint density at radius 1 is 1.47 bits per heavy atom. The average Bonchev–Trinajstić information content (AvgIpc) is 2.47. The highest BCUT2D eigenvalue weighted by Crippen LogP contribution is 2.09. The maximum absolute atomic E-state index is 5.51. The van der Waals surface area contributed by atoms with Gasteiger partial charge in [-0.1, -0.05) is 13.8 Å². The van der Waals surface area contributed by atoms with Gasteiger partial charge in [-0.05, 0) is 18.1 Å². The molecule has 1 fully saturated rings. The van der Waals surface area contributed by atoms with Crippen LogP contribution in [0, 0.1) is 5.92 Å². The minimum atomic E-state index is 0.578. The van der Waals surface area contributed by atoms with Crippen LogP contribution in [0.2, 0.25) is 0 Å². The van der Waals surface area contributed by atoms with Gasteiger partial charge in [-0.2, -0.15) is 11.8 Å². The van der Waals surface area contributed by atoms with Gasteiger partial charge < -0.3 is 4.90 Å². The molecule has 0 bridgehead atoms. The molecule has 0 aromatic rings. The van der Waals surface area contributed by atoms with E-state index in [0.29, 0.717) is 5.92 Å². The molecule has 0 aromatic heterocycles. The molecule has 0 saturated carbocycles. The molecule has 0 spiro atoms. The van der Waals surface area contributed by atoms with Crippen LogP contribution in [0.15, 0.2) is 4.99 Å². The van der Waals surface area contributed by atoms with Gasteiger partial charge in [0.2, 0.25) is 5.96 Å². The summed E-state index contributed by atoms with van der Waals surface area (Å²) >= 11 is 2.01. The molecule has 0 unspecified atom stereocenters. The first-order valence-corrected chi connectivity index (χ1v) is 6.73. The Kier molecular flexibility index (Phi) is 5.86. The smallest absolute Gasteiger partial charge is 0.208 e. The van der Waals surface area contributed by atoms with Gasteiger partial charge in [-0.3, -0.25) is 10.4 Å². The molecule has 15 heavy (non-hydrogen) atoms. The van der Waals surface area contributed by atoms with E-state index >= 15 is 0 Å². The number of nitrogens with two attached hydrogens (primary N) is 1. The average molecular weight is 230 g/mol. The van der Waals surface area contributed by atoms with E-state index in [1.807, 2.05) is 11.8 Å². The van der Waals surface area contributed by atoms with Crippen LogP contribution in [-0.2, 0) is 0 Å². The number of hydrogen-bond donors (Lipinski definition) is 2. The molecule has 5 heteroatoms. The molecule has 1 heterocycles. The second-order valence-corrected chi connectivity index (χ2v) is 5.38. The maximum Gasteiger partial charge on any atom is 0.208 e. The first-order valence-electron chi connectivity index (χ1n) is 5.57. The predicted molar refractivity (Wildman–Crippen MR) is 68.0 cm³/mol. The zero-order valence-electron chi connectivity index (χ0n) is 9.70. The van der Waals surface area contributed by atoms with E-state index in [1.54, 1.807) is 0 Å². The van der Waals surface area contributed by atoms with E-state index in [4.69, 9.17) is 5.84 Å². The Bertz CT molecular complexity index is 198.